The lowest BCUT2D eigenvalue weighted by Gasteiger charge is -2.15. The van der Waals surface area contributed by atoms with Gasteiger partial charge in [-0.15, -0.1) is 11.3 Å². The summed E-state index contributed by atoms with van der Waals surface area (Å²) in [5.41, 5.74) is 0.366. The van der Waals surface area contributed by atoms with Gasteiger partial charge in [0.05, 0.1) is 0 Å². The van der Waals surface area contributed by atoms with Crippen LogP contribution in [0.15, 0.2) is 5.38 Å². The minimum Gasteiger partial charge on any atom is -0.348 e. The fraction of sp³-hybridized carbons (Fsp3) is 0.667. The molecule has 2 fully saturated rings. The number of nitrogens with one attached hydrogen (secondary N) is 2. The van der Waals surface area contributed by atoms with Crippen molar-refractivity contribution in [3.63, 3.8) is 0 Å². The molecule has 6 heteroatoms. The van der Waals surface area contributed by atoms with E-state index in [-0.39, 0.29) is 17.9 Å². The van der Waals surface area contributed by atoms with E-state index in [9.17, 15) is 9.59 Å². The van der Waals surface area contributed by atoms with E-state index >= 15 is 0 Å². The van der Waals surface area contributed by atoms with Crippen molar-refractivity contribution < 1.29 is 9.59 Å². The summed E-state index contributed by atoms with van der Waals surface area (Å²) in [6.07, 6.45) is 9.06. The van der Waals surface area contributed by atoms with E-state index in [1.54, 1.807) is 5.38 Å². The van der Waals surface area contributed by atoms with Crippen LogP contribution in [-0.2, 0) is 0 Å². The van der Waals surface area contributed by atoms with Crippen LogP contribution < -0.4 is 10.6 Å². The van der Waals surface area contributed by atoms with Crippen molar-refractivity contribution >= 4 is 23.2 Å². The van der Waals surface area contributed by atoms with E-state index in [4.69, 9.17) is 0 Å². The topological polar surface area (TPSA) is 71.1 Å². The number of carbonyl (C=O) groups is 2. The lowest BCUT2D eigenvalue weighted by atomic mass is 10.1. The first-order chi connectivity index (χ1) is 10.2. The minimum atomic E-state index is -0.156. The largest absolute Gasteiger partial charge is 0.348 e. The molecule has 2 saturated carbocycles. The summed E-state index contributed by atoms with van der Waals surface area (Å²) in [7, 11) is 0. The number of aromatic nitrogens is 1. The number of thiazole rings is 1. The monoisotopic (exact) mass is 307 g/mol. The lowest BCUT2D eigenvalue weighted by Crippen LogP contribution is -2.34. The van der Waals surface area contributed by atoms with Crippen LogP contribution in [0.5, 0.6) is 0 Å². The van der Waals surface area contributed by atoms with Gasteiger partial charge in [-0.2, -0.15) is 0 Å². The average molecular weight is 307 g/mol. The molecule has 0 unspecified atom stereocenters. The number of rotatable bonds is 4. The first-order valence-electron chi connectivity index (χ1n) is 7.79. The summed E-state index contributed by atoms with van der Waals surface area (Å²) in [6, 6.07) is 0.565. The van der Waals surface area contributed by atoms with Crippen molar-refractivity contribution in [1.82, 2.24) is 15.6 Å². The Labute approximate surface area is 128 Å². The first kappa shape index (κ1) is 14.5. The molecule has 0 saturated heterocycles. The van der Waals surface area contributed by atoms with Crippen LogP contribution in [0.2, 0.25) is 0 Å². The van der Waals surface area contributed by atoms with E-state index in [0.29, 0.717) is 16.7 Å². The fourth-order valence-electron chi connectivity index (χ4n) is 2.64. The van der Waals surface area contributed by atoms with E-state index in [1.807, 2.05) is 0 Å². The molecule has 0 bridgehead atoms. The maximum Gasteiger partial charge on any atom is 0.280 e. The Hall–Kier alpha value is -1.43. The van der Waals surface area contributed by atoms with Crippen LogP contribution in [0.4, 0.5) is 0 Å². The predicted octanol–water partition coefficient (Wildman–Crippen LogP) is 2.49. The van der Waals surface area contributed by atoms with Gasteiger partial charge in [0.15, 0.2) is 5.01 Å². The van der Waals surface area contributed by atoms with E-state index in [1.165, 1.54) is 37.0 Å². The molecule has 21 heavy (non-hydrogen) atoms. The Morgan fingerprint density at radius 1 is 0.952 bits per heavy atom. The normalized spacial score (nSPS) is 19.8. The standard InChI is InChI=1S/C15H21N3O2S/c19-13(16-10-5-3-1-2-4-6-10)12-9-21-15(18-12)14(20)17-11-7-8-11/h9-11H,1-8H2,(H,16,19)(H,17,20). The van der Waals surface area contributed by atoms with Gasteiger partial charge < -0.3 is 10.6 Å². The molecule has 1 heterocycles. The third kappa shape index (κ3) is 4.03. The highest BCUT2D eigenvalue weighted by Gasteiger charge is 2.26. The summed E-state index contributed by atoms with van der Waals surface area (Å²) in [5, 5.41) is 8.00. The molecule has 114 valence electrons. The van der Waals surface area contributed by atoms with Gasteiger partial charge in [0.25, 0.3) is 11.8 Å². The molecule has 0 aliphatic heterocycles. The smallest absolute Gasteiger partial charge is 0.280 e. The fourth-order valence-corrected chi connectivity index (χ4v) is 3.34. The van der Waals surface area contributed by atoms with Crippen LogP contribution >= 0.6 is 11.3 Å². The highest BCUT2D eigenvalue weighted by molar-refractivity contribution is 7.11. The second kappa shape index (κ2) is 6.56. The van der Waals surface area contributed by atoms with E-state index in [0.717, 1.165) is 25.7 Å². The summed E-state index contributed by atoms with van der Waals surface area (Å²) >= 11 is 1.24. The quantitative estimate of drug-likeness (QED) is 0.840. The first-order valence-corrected chi connectivity index (χ1v) is 8.67. The van der Waals surface area contributed by atoms with Gasteiger partial charge >= 0.3 is 0 Å². The Morgan fingerprint density at radius 3 is 2.24 bits per heavy atom. The Morgan fingerprint density at radius 2 is 1.57 bits per heavy atom. The zero-order chi connectivity index (χ0) is 14.7. The molecular weight excluding hydrogens is 286 g/mol. The van der Waals surface area contributed by atoms with Gasteiger partial charge in [-0.05, 0) is 25.7 Å². The second-order valence-electron chi connectivity index (χ2n) is 5.95. The summed E-state index contributed by atoms with van der Waals surface area (Å²) in [6.45, 7) is 0. The third-order valence-corrected chi connectivity index (χ3v) is 4.88. The molecule has 0 aromatic carbocycles. The van der Waals surface area contributed by atoms with Gasteiger partial charge in [0, 0.05) is 17.5 Å². The van der Waals surface area contributed by atoms with Crippen LogP contribution in [0.25, 0.3) is 0 Å². The maximum atomic E-state index is 12.2. The van der Waals surface area contributed by atoms with Crippen LogP contribution in [0, 0.1) is 0 Å². The summed E-state index contributed by atoms with van der Waals surface area (Å²) in [5.74, 6) is -0.306. The number of carbonyl (C=O) groups excluding carboxylic acids is 2. The summed E-state index contributed by atoms with van der Waals surface area (Å²) < 4.78 is 0. The molecule has 2 amide bonds. The van der Waals surface area contributed by atoms with Gasteiger partial charge in [0.1, 0.15) is 5.69 Å². The van der Waals surface area contributed by atoms with E-state index in [2.05, 4.69) is 15.6 Å². The van der Waals surface area contributed by atoms with Crippen molar-refractivity contribution in [2.24, 2.45) is 0 Å². The van der Waals surface area contributed by atoms with Crippen molar-refractivity contribution in [3.05, 3.63) is 16.1 Å². The van der Waals surface area contributed by atoms with Crippen LogP contribution in [-0.4, -0.2) is 28.9 Å². The maximum absolute atomic E-state index is 12.2. The molecule has 1 aromatic heterocycles. The van der Waals surface area contributed by atoms with E-state index < -0.39 is 0 Å². The molecule has 3 rings (SSSR count). The average Bonchev–Trinajstić information content (AvgIpc) is 3.20. The van der Waals surface area contributed by atoms with Gasteiger partial charge in [0.2, 0.25) is 0 Å². The Bertz CT molecular complexity index is 517. The van der Waals surface area contributed by atoms with Crippen molar-refractivity contribution in [2.45, 2.75) is 63.5 Å². The number of hydrogen-bond donors (Lipinski definition) is 2. The van der Waals surface area contributed by atoms with Gasteiger partial charge in [-0.1, -0.05) is 25.7 Å². The minimum absolute atomic E-state index is 0.149. The molecule has 2 N–H and O–H groups in total. The van der Waals surface area contributed by atoms with Gasteiger partial charge in [-0.25, -0.2) is 4.98 Å². The SMILES string of the molecule is O=C(NC1CCCCCC1)c1csc(C(=O)NC2CC2)n1. The van der Waals surface area contributed by atoms with Crippen molar-refractivity contribution in [1.29, 1.82) is 0 Å². The highest BCUT2D eigenvalue weighted by Crippen LogP contribution is 2.21. The molecule has 0 radical (unpaired) electrons. The van der Waals surface area contributed by atoms with Crippen LogP contribution in [0.3, 0.4) is 0 Å². The second-order valence-corrected chi connectivity index (χ2v) is 6.81. The number of amides is 2. The Balaban J connectivity index is 1.56. The third-order valence-electron chi connectivity index (χ3n) is 4.03. The van der Waals surface area contributed by atoms with Crippen LogP contribution in [0.1, 0.15) is 71.7 Å². The molecule has 0 spiro atoms. The molecule has 0 atom stereocenters. The van der Waals surface area contributed by atoms with Crippen molar-refractivity contribution in [3.8, 4) is 0 Å². The lowest BCUT2D eigenvalue weighted by molar-refractivity contribution is 0.0929. The number of hydrogen-bond acceptors (Lipinski definition) is 4. The molecule has 2 aliphatic carbocycles. The highest BCUT2D eigenvalue weighted by atomic mass is 32.1. The Kier molecular flexibility index (Phi) is 4.53. The van der Waals surface area contributed by atoms with Crippen molar-refractivity contribution in [2.75, 3.05) is 0 Å². The molecule has 2 aliphatic rings. The zero-order valence-corrected chi connectivity index (χ0v) is 12.9. The molecule has 5 nitrogen and oxygen atoms in total. The molecule has 1 aromatic rings. The summed E-state index contributed by atoms with van der Waals surface area (Å²) in [4.78, 5) is 28.2. The zero-order valence-electron chi connectivity index (χ0n) is 12.1. The molecular formula is C15H21N3O2S. The van der Waals surface area contributed by atoms with Gasteiger partial charge in [-0.3, -0.25) is 9.59 Å². The predicted molar refractivity (Wildman–Crippen MR) is 81.6 cm³/mol. The number of nitrogens with zero attached hydrogens (tertiary/aromatic N) is 1.